The number of nitrogens with zero attached hydrogens (tertiary/aromatic N) is 2. The van der Waals surface area contributed by atoms with Crippen molar-refractivity contribution in [2.45, 2.75) is 0 Å². The number of hydrogen-bond donors (Lipinski definition) is 0. The Labute approximate surface area is 137 Å². The lowest BCUT2D eigenvalue weighted by Gasteiger charge is -2.25. The zero-order valence-electron chi connectivity index (χ0n) is 13.2. The molecule has 0 bridgehead atoms. The summed E-state index contributed by atoms with van der Waals surface area (Å²) in [6.45, 7) is 5.02. The molecule has 0 unspecified atom stereocenters. The van der Waals surface area contributed by atoms with Gasteiger partial charge in [0.05, 0.1) is 13.2 Å². The van der Waals surface area contributed by atoms with Crippen LogP contribution in [0.25, 0.3) is 0 Å². The van der Waals surface area contributed by atoms with E-state index < -0.39 is 0 Å². The molecule has 120 valence electrons. The second kappa shape index (κ2) is 8.46. The summed E-state index contributed by atoms with van der Waals surface area (Å²) in [5.41, 5.74) is 2.99. The maximum Gasteiger partial charge on any atom is 0.129 e. The van der Waals surface area contributed by atoms with Crippen LogP contribution in [0.2, 0.25) is 0 Å². The van der Waals surface area contributed by atoms with Crippen molar-refractivity contribution in [2.75, 3.05) is 39.5 Å². The van der Waals surface area contributed by atoms with Crippen LogP contribution in [-0.4, -0.2) is 50.1 Å². The topological polar surface area (TPSA) is 34.1 Å². The minimum atomic E-state index is 0.586. The maximum absolute atomic E-state index is 5.61. The standard InChI is InChI=1S/C19H22N2O2/c1-3-7-17(8-4-1)19(18-9-5-2-6-10-18)20-23-16-13-21-11-14-22-15-12-21/h1-10H,11-16H2. The van der Waals surface area contributed by atoms with Crippen molar-refractivity contribution in [3.8, 4) is 0 Å². The van der Waals surface area contributed by atoms with Gasteiger partial charge in [-0.25, -0.2) is 0 Å². The van der Waals surface area contributed by atoms with Crippen LogP contribution in [0.3, 0.4) is 0 Å². The van der Waals surface area contributed by atoms with E-state index in [1.54, 1.807) is 0 Å². The van der Waals surface area contributed by atoms with Crippen LogP contribution in [0.5, 0.6) is 0 Å². The van der Waals surface area contributed by atoms with Gasteiger partial charge in [-0.05, 0) is 0 Å². The summed E-state index contributed by atoms with van der Waals surface area (Å²) >= 11 is 0. The summed E-state index contributed by atoms with van der Waals surface area (Å²) in [5, 5.41) is 4.41. The fourth-order valence-electron chi connectivity index (χ4n) is 2.57. The molecule has 0 aromatic heterocycles. The average Bonchev–Trinajstić information content (AvgIpc) is 2.64. The highest BCUT2D eigenvalue weighted by atomic mass is 16.6. The molecule has 0 radical (unpaired) electrons. The predicted molar refractivity (Wildman–Crippen MR) is 91.7 cm³/mol. The van der Waals surface area contributed by atoms with E-state index in [-0.39, 0.29) is 0 Å². The van der Waals surface area contributed by atoms with Crippen LogP contribution in [0.4, 0.5) is 0 Å². The molecule has 3 rings (SSSR count). The fraction of sp³-hybridized carbons (Fsp3) is 0.316. The normalized spacial score (nSPS) is 15.1. The first-order chi connectivity index (χ1) is 11.4. The van der Waals surface area contributed by atoms with Crippen LogP contribution in [-0.2, 0) is 9.57 Å². The molecule has 23 heavy (non-hydrogen) atoms. The second-order valence-corrected chi connectivity index (χ2v) is 5.46. The molecule has 0 saturated carbocycles. The van der Waals surface area contributed by atoms with Crippen molar-refractivity contribution in [1.82, 2.24) is 4.90 Å². The molecule has 1 aliphatic rings. The SMILES string of the molecule is c1ccc(C(=NOCCN2CCOCC2)c2ccccc2)cc1. The van der Waals surface area contributed by atoms with Gasteiger partial charge in [0.2, 0.25) is 0 Å². The number of benzene rings is 2. The Morgan fingerprint density at radius 3 is 2.04 bits per heavy atom. The Balaban J connectivity index is 1.66. The lowest BCUT2D eigenvalue weighted by atomic mass is 10.0. The monoisotopic (exact) mass is 310 g/mol. The Bertz CT molecular complexity index is 566. The predicted octanol–water partition coefficient (Wildman–Crippen LogP) is 2.79. The van der Waals surface area contributed by atoms with Crippen molar-refractivity contribution < 1.29 is 9.57 Å². The van der Waals surface area contributed by atoms with Crippen molar-refractivity contribution in [1.29, 1.82) is 0 Å². The molecule has 1 fully saturated rings. The molecule has 1 saturated heterocycles. The van der Waals surface area contributed by atoms with Gasteiger partial charge in [0.25, 0.3) is 0 Å². The third-order valence-electron chi connectivity index (χ3n) is 3.85. The number of ether oxygens (including phenoxy) is 1. The Kier molecular flexibility index (Phi) is 5.78. The summed E-state index contributed by atoms with van der Waals surface area (Å²) in [7, 11) is 0. The molecular formula is C19H22N2O2. The fourth-order valence-corrected chi connectivity index (χ4v) is 2.57. The molecule has 0 aliphatic carbocycles. The van der Waals surface area contributed by atoms with Crippen LogP contribution >= 0.6 is 0 Å². The van der Waals surface area contributed by atoms with Crippen molar-refractivity contribution in [3.63, 3.8) is 0 Å². The number of hydrogen-bond acceptors (Lipinski definition) is 4. The third-order valence-corrected chi connectivity index (χ3v) is 3.85. The molecule has 4 nitrogen and oxygen atoms in total. The zero-order valence-corrected chi connectivity index (χ0v) is 13.2. The molecule has 0 spiro atoms. The van der Waals surface area contributed by atoms with Gasteiger partial charge in [0, 0.05) is 30.8 Å². The summed E-state index contributed by atoms with van der Waals surface area (Å²) in [6, 6.07) is 20.3. The first-order valence-corrected chi connectivity index (χ1v) is 8.04. The van der Waals surface area contributed by atoms with E-state index in [1.165, 1.54) is 0 Å². The van der Waals surface area contributed by atoms with Gasteiger partial charge < -0.3 is 9.57 Å². The summed E-state index contributed by atoms with van der Waals surface area (Å²) in [6.07, 6.45) is 0. The minimum absolute atomic E-state index is 0.586. The van der Waals surface area contributed by atoms with Gasteiger partial charge in [-0.1, -0.05) is 65.8 Å². The number of oxime groups is 1. The van der Waals surface area contributed by atoms with Gasteiger partial charge in [-0.2, -0.15) is 0 Å². The first kappa shape index (κ1) is 15.7. The molecule has 2 aromatic carbocycles. The van der Waals surface area contributed by atoms with Gasteiger partial charge in [0.15, 0.2) is 0 Å². The third kappa shape index (κ3) is 4.65. The molecule has 0 amide bonds. The molecule has 1 heterocycles. The van der Waals surface area contributed by atoms with Gasteiger partial charge in [-0.3, -0.25) is 4.90 Å². The van der Waals surface area contributed by atoms with Crippen LogP contribution in [0.1, 0.15) is 11.1 Å². The summed E-state index contributed by atoms with van der Waals surface area (Å²) in [5.74, 6) is 0. The van der Waals surface area contributed by atoms with E-state index in [1.807, 2.05) is 36.4 Å². The lowest BCUT2D eigenvalue weighted by Crippen LogP contribution is -2.38. The maximum atomic E-state index is 5.61. The van der Waals surface area contributed by atoms with E-state index in [9.17, 15) is 0 Å². The molecule has 1 aliphatic heterocycles. The van der Waals surface area contributed by atoms with Gasteiger partial charge in [-0.15, -0.1) is 0 Å². The van der Waals surface area contributed by atoms with E-state index in [0.29, 0.717) is 6.61 Å². The van der Waals surface area contributed by atoms with Crippen molar-refractivity contribution >= 4 is 5.71 Å². The van der Waals surface area contributed by atoms with Gasteiger partial charge >= 0.3 is 0 Å². The average molecular weight is 310 g/mol. The zero-order chi connectivity index (χ0) is 15.7. The minimum Gasteiger partial charge on any atom is -0.394 e. The van der Waals surface area contributed by atoms with Crippen LogP contribution < -0.4 is 0 Å². The molecule has 0 atom stereocenters. The lowest BCUT2D eigenvalue weighted by molar-refractivity contribution is 0.0212. The molecule has 4 heteroatoms. The van der Waals surface area contributed by atoms with Gasteiger partial charge in [0.1, 0.15) is 12.3 Å². The highest BCUT2D eigenvalue weighted by molar-refractivity contribution is 6.12. The molecule has 0 N–H and O–H groups in total. The quantitative estimate of drug-likeness (QED) is 0.467. The number of rotatable bonds is 6. The van der Waals surface area contributed by atoms with Crippen molar-refractivity contribution in [2.24, 2.45) is 5.16 Å². The summed E-state index contributed by atoms with van der Waals surface area (Å²) in [4.78, 5) is 7.95. The first-order valence-electron chi connectivity index (χ1n) is 8.04. The van der Waals surface area contributed by atoms with E-state index in [4.69, 9.17) is 9.57 Å². The largest absolute Gasteiger partial charge is 0.394 e. The van der Waals surface area contributed by atoms with Crippen LogP contribution in [0, 0.1) is 0 Å². The smallest absolute Gasteiger partial charge is 0.129 e. The Morgan fingerprint density at radius 1 is 0.913 bits per heavy atom. The highest BCUT2D eigenvalue weighted by Crippen LogP contribution is 2.11. The Morgan fingerprint density at radius 2 is 1.48 bits per heavy atom. The number of morpholine rings is 1. The second-order valence-electron chi connectivity index (χ2n) is 5.46. The van der Waals surface area contributed by atoms with Crippen molar-refractivity contribution in [3.05, 3.63) is 71.8 Å². The van der Waals surface area contributed by atoms with E-state index in [2.05, 4.69) is 34.3 Å². The Hall–Kier alpha value is -2.17. The van der Waals surface area contributed by atoms with E-state index in [0.717, 1.165) is 49.7 Å². The summed E-state index contributed by atoms with van der Waals surface area (Å²) < 4.78 is 5.35. The van der Waals surface area contributed by atoms with Crippen LogP contribution in [0.15, 0.2) is 65.8 Å². The highest BCUT2D eigenvalue weighted by Gasteiger charge is 2.10. The van der Waals surface area contributed by atoms with E-state index >= 15 is 0 Å². The molecule has 2 aromatic rings. The molecular weight excluding hydrogens is 288 g/mol.